The molecule has 0 aliphatic carbocycles. The second kappa shape index (κ2) is 5.47. The highest BCUT2D eigenvalue weighted by molar-refractivity contribution is 5.68. The normalized spacial score (nSPS) is 15.2. The van der Waals surface area contributed by atoms with E-state index in [0.29, 0.717) is 6.42 Å². The molecule has 4 heteroatoms. The van der Waals surface area contributed by atoms with Crippen molar-refractivity contribution in [3.63, 3.8) is 0 Å². The Labute approximate surface area is 111 Å². The molecule has 0 rings (SSSR count). The molecule has 1 amide bonds. The van der Waals surface area contributed by atoms with Crippen molar-refractivity contribution >= 4 is 6.09 Å². The number of aliphatic hydroxyl groups is 1. The lowest BCUT2D eigenvalue weighted by Gasteiger charge is -2.35. The highest BCUT2D eigenvalue weighted by atomic mass is 16.6. The molecular formula is C14H29NO3. The molecule has 2 N–H and O–H groups in total. The fourth-order valence-corrected chi connectivity index (χ4v) is 1.52. The van der Waals surface area contributed by atoms with E-state index in [1.165, 1.54) is 0 Å². The molecule has 4 nitrogen and oxygen atoms in total. The minimum absolute atomic E-state index is 0.142. The highest BCUT2D eigenvalue weighted by Gasteiger charge is 2.32. The summed E-state index contributed by atoms with van der Waals surface area (Å²) in [6.45, 7) is 15.0. The average molecular weight is 259 g/mol. The minimum Gasteiger partial charge on any atom is -0.444 e. The first-order valence-electron chi connectivity index (χ1n) is 6.43. The SMILES string of the molecule is CC(C)(O)CC(NC(=O)OC(C)(C)C)C(C)(C)C. The van der Waals surface area contributed by atoms with Crippen molar-refractivity contribution < 1.29 is 14.6 Å². The lowest BCUT2D eigenvalue weighted by molar-refractivity contribution is 0.0255. The van der Waals surface area contributed by atoms with E-state index in [2.05, 4.69) is 5.32 Å². The van der Waals surface area contributed by atoms with Gasteiger partial charge in [-0.2, -0.15) is 0 Å². The fraction of sp³-hybridized carbons (Fsp3) is 0.929. The summed E-state index contributed by atoms with van der Waals surface area (Å²) in [4.78, 5) is 11.8. The van der Waals surface area contributed by atoms with Gasteiger partial charge in [-0.3, -0.25) is 0 Å². The predicted molar refractivity (Wildman–Crippen MR) is 73.5 cm³/mol. The third-order valence-electron chi connectivity index (χ3n) is 2.44. The van der Waals surface area contributed by atoms with Crippen molar-refractivity contribution in [2.75, 3.05) is 0 Å². The molecule has 0 spiro atoms. The van der Waals surface area contributed by atoms with Crippen molar-refractivity contribution in [2.45, 2.75) is 79.1 Å². The van der Waals surface area contributed by atoms with E-state index in [9.17, 15) is 9.90 Å². The molecule has 1 atom stereocenters. The fourth-order valence-electron chi connectivity index (χ4n) is 1.52. The highest BCUT2D eigenvalue weighted by Crippen LogP contribution is 2.26. The van der Waals surface area contributed by atoms with Crippen LogP contribution in [0.1, 0.15) is 61.8 Å². The maximum absolute atomic E-state index is 11.8. The Hall–Kier alpha value is -0.770. The Bertz CT molecular complexity index is 279. The van der Waals surface area contributed by atoms with E-state index in [4.69, 9.17) is 4.74 Å². The molecule has 0 aliphatic rings. The molecule has 0 bridgehead atoms. The number of ether oxygens (including phenoxy) is 1. The number of carbonyl (C=O) groups is 1. The van der Waals surface area contributed by atoms with E-state index < -0.39 is 17.3 Å². The lowest BCUT2D eigenvalue weighted by atomic mass is 9.81. The number of carbonyl (C=O) groups excluding carboxylic acids is 1. The van der Waals surface area contributed by atoms with Gasteiger partial charge in [0.05, 0.1) is 5.60 Å². The van der Waals surface area contributed by atoms with Crippen LogP contribution in [0.5, 0.6) is 0 Å². The van der Waals surface area contributed by atoms with Crippen molar-refractivity contribution in [3.8, 4) is 0 Å². The van der Waals surface area contributed by atoms with Crippen LogP contribution in [0.25, 0.3) is 0 Å². The molecule has 0 saturated heterocycles. The van der Waals surface area contributed by atoms with Crippen LogP contribution < -0.4 is 5.32 Å². The summed E-state index contributed by atoms with van der Waals surface area (Å²) < 4.78 is 5.25. The first-order valence-corrected chi connectivity index (χ1v) is 6.43. The van der Waals surface area contributed by atoms with Gasteiger partial charge in [-0.1, -0.05) is 20.8 Å². The number of rotatable bonds is 3. The number of hydrogen-bond acceptors (Lipinski definition) is 3. The van der Waals surface area contributed by atoms with Crippen LogP contribution >= 0.6 is 0 Å². The largest absolute Gasteiger partial charge is 0.444 e. The second-order valence-electron chi connectivity index (χ2n) is 7.58. The Morgan fingerprint density at radius 2 is 1.56 bits per heavy atom. The molecule has 0 aromatic carbocycles. The predicted octanol–water partition coefficient (Wildman–Crippen LogP) is 3.09. The summed E-state index contributed by atoms with van der Waals surface area (Å²) in [5, 5.41) is 12.8. The molecule has 0 aliphatic heterocycles. The zero-order valence-electron chi connectivity index (χ0n) is 13.0. The standard InChI is InChI=1S/C14H29NO3/c1-12(2,3)10(9-14(7,8)17)15-11(16)18-13(4,5)6/h10,17H,9H2,1-8H3,(H,15,16). The molecule has 0 fully saturated rings. The summed E-state index contributed by atoms with van der Waals surface area (Å²) in [5.74, 6) is 0. The monoisotopic (exact) mass is 259 g/mol. The quantitative estimate of drug-likeness (QED) is 0.819. The van der Waals surface area contributed by atoms with Gasteiger partial charge in [0.2, 0.25) is 0 Å². The zero-order valence-corrected chi connectivity index (χ0v) is 13.0. The van der Waals surface area contributed by atoms with Crippen LogP contribution in [-0.2, 0) is 4.74 Å². The summed E-state index contributed by atoms with van der Waals surface area (Å²) in [5.41, 5.74) is -1.48. The van der Waals surface area contributed by atoms with Gasteiger partial charge in [0.25, 0.3) is 0 Å². The number of amides is 1. The van der Waals surface area contributed by atoms with Crippen molar-refractivity contribution in [1.29, 1.82) is 0 Å². The van der Waals surface area contributed by atoms with Crippen molar-refractivity contribution in [3.05, 3.63) is 0 Å². The average Bonchev–Trinajstić information content (AvgIpc) is 1.93. The molecule has 0 aromatic rings. The van der Waals surface area contributed by atoms with Gasteiger partial charge in [-0.15, -0.1) is 0 Å². The molecule has 0 aromatic heterocycles. The molecule has 0 heterocycles. The van der Waals surface area contributed by atoms with E-state index >= 15 is 0 Å². The van der Waals surface area contributed by atoms with Crippen LogP contribution in [0.4, 0.5) is 4.79 Å². The van der Waals surface area contributed by atoms with Crippen LogP contribution in [0.2, 0.25) is 0 Å². The van der Waals surface area contributed by atoms with Gasteiger partial charge < -0.3 is 15.2 Å². The Morgan fingerprint density at radius 3 is 1.83 bits per heavy atom. The molecule has 0 radical (unpaired) electrons. The minimum atomic E-state index is -0.826. The van der Waals surface area contributed by atoms with E-state index in [0.717, 1.165) is 0 Å². The molecule has 18 heavy (non-hydrogen) atoms. The van der Waals surface area contributed by atoms with E-state index in [-0.39, 0.29) is 11.5 Å². The van der Waals surface area contributed by atoms with Gasteiger partial charge in [0, 0.05) is 6.04 Å². The van der Waals surface area contributed by atoms with Crippen LogP contribution in [0.3, 0.4) is 0 Å². The van der Waals surface area contributed by atoms with Crippen LogP contribution in [-0.4, -0.2) is 28.4 Å². The maximum Gasteiger partial charge on any atom is 0.407 e. The number of alkyl carbamates (subject to hydrolysis) is 1. The number of hydrogen-bond donors (Lipinski definition) is 2. The lowest BCUT2D eigenvalue weighted by Crippen LogP contribution is -2.48. The third-order valence-corrected chi connectivity index (χ3v) is 2.44. The molecule has 1 unspecified atom stereocenters. The molecule has 0 saturated carbocycles. The first-order chi connectivity index (χ1) is 7.71. The summed E-state index contributed by atoms with van der Waals surface area (Å²) in [6, 6.07) is -0.146. The summed E-state index contributed by atoms with van der Waals surface area (Å²) in [6.07, 6.45) is 0.0436. The topological polar surface area (TPSA) is 58.6 Å². The van der Waals surface area contributed by atoms with Crippen LogP contribution in [0.15, 0.2) is 0 Å². The van der Waals surface area contributed by atoms with E-state index in [1.807, 2.05) is 41.5 Å². The van der Waals surface area contributed by atoms with Crippen molar-refractivity contribution in [1.82, 2.24) is 5.32 Å². The van der Waals surface area contributed by atoms with Gasteiger partial charge >= 0.3 is 6.09 Å². The first kappa shape index (κ1) is 17.2. The van der Waals surface area contributed by atoms with Gasteiger partial charge in [-0.25, -0.2) is 4.79 Å². The van der Waals surface area contributed by atoms with Gasteiger partial charge in [0.15, 0.2) is 0 Å². The van der Waals surface area contributed by atoms with Gasteiger partial charge in [0.1, 0.15) is 5.60 Å². The molecular weight excluding hydrogens is 230 g/mol. The summed E-state index contributed by atoms with van der Waals surface area (Å²) >= 11 is 0. The smallest absolute Gasteiger partial charge is 0.407 e. The van der Waals surface area contributed by atoms with Gasteiger partial charge in [-0.05, 0) is 46.5 Å². The van der Waals surface area contributed by atoms with Crippen molar-refractivity contribution in [2.24, 2.45) is 5.41 Å². The third kappa shape index (κ3) is 8.34. The zero-order chi connectivity index (χ0) is 14.8. The number of nitrogens with one attached hydrogen (secondary N) is 1. The Kier molecular flexibility index (Phi) is 5.24. The van der Waals surface area contributed by atoms with E-state index in [1.54, 1.807) is 13.8 Å². The summed E-state index contributed by atoms with van der Waals surface area (Å²) in [7, 11) is 0. The van der Waals surface area contributed by atoms with Crippen LogP contribution in [0, 0.1) is 5.41 Å². The second-order valence-corrected chi connectivity index (χ2v) is 7.58. The Balaban J connectivity index is 4.67. The maximum atomic E-state index is 11.8. The molecule has 108 valence electrons. The Morgan fingerprint density at radius 1 is 1.11 bits per heavy atom.